The Hall–Kier alpha value is -5.12. The molecule has 2 amide bonds. The van der Waals surface area contributed by atoms with Crippen molar-refractivity contribution in [3.05, 3.63) is 94.6 Å². The number of ketones is 1. The minimum Gasteiger partial charge on any atom is -0.344 e. The number of likely N-dealkylation sites (tertiary alicyclic amines) is 2. The van der Waals surface area contributed by atoms with Gasteiger partial charge in [-0.2, -0.15) is 27.1 Å². The van der Waals surface area contributed by atoms with Crippen LogP contribution in [-0.4, -0.2) is 94.8 Å². The van der Waals surface area contributed by atoms with Gasteiger partial charge in [0.25, 0.3) is 0 Å². The first-order valence-corrected chi connectivity index (χ1v) is 21.7. The maximum atomic E-state index is 13.6. The minimum atomic E-state index is -4.40. The van der Waals surface area contributed by atoms with Gasteiger partial charge in [-0.15, -0.1) is 0 Å². The van der Waals surface area contributed by atoms with E-state index in [4.69, 9.17) is 11.6 Å². The van der Waals surface area contributed by atoms with Gasteiger partial charge in [-0.05, 0) is 81.0 Å². The number of amides is 2. The van der Waals surface area contributed by atoms with Crippen molar-refractivity contribution in [1.82, 2.24) is 38.8 Å². The zero-order valence-corrected chi connectivity index (χ0v) is 37.8. The molecule has 3 aliphatic rings. The first kappa shape index (κ1) is 47.4. The van der Waals surface area contributed by atoms with E-state index in [9.17, 15) is 36.3 Å². The molecule has 17 heteroatoms. The van der Waals surface area contributed by atoms with E-state index in [2.05, 4.69) is 35.8 Å². The maximum absolute atomic E-state index is 13.6. The summed E-state index contributed by atoms with van der Waals surface area (Å²) < 4.78 is 67.6. The number of alkyl halides is 5. The van der Waals surface area contributed by atoms with Gasteiger partial charge in [-0.1, -0.05) is 63.9 Å². The molecule has 5 heterocycles. The molecule has 7 rings (SSSR count). The molecule has 340 valence electrons. The maximum Gasteiger partial charge on any atom is 0.413 e. The summed E-state index contributed by atoms with van der Waals surface area (Å²) in [6.45, 7) is 10.9. The van der Waals surface area contributed by atoms with Crippen LogP contribution >= 0.6 is 11.6 Å². The first-order chi connectivity index (χ1) is 29.6. The van der Waals surface area contributed by atoms with E-state index in [1.165, 1.54) is 19.3 Å². The number of Topliss-reactive ketones (excluding diaryl/α,β-unsaturated/α-hetero) is 1. The van der Waals surface area contributed by atoms with Crippen LogP contribution in [0, 0.1) is 17.8 Å². The van der Waals surface area contributed by atoms with Crippen molar-refractivity contribution in [2.24, 2.45) is 10.8 Å². The van der Waals surface area contributed by atoms with Crippen LogP contribution in [0.25, 0.3) is 16.9 Å². The number of hydrogen-bond donors (Lipinski definition) is 0. The number of fused-ring (bicyclic) bond motifs is 1. The monoisotopic (exact) mass is 898 g/mol. The fraction of sp³-hybridized carbons (Fsp3) is 0.522. The van der Waals surface area contributed by atoms with Gasteiger partial charge in [0.1, 0.15) is 6.04 Å². The number of carbonyl (C=O) groups excluding carboxylic acids is 3. The molecule has 4 aromatic rings. The van der Waals surface area contributed by atoms with Crippen LogP contribution in [0.2, 0.25) is 5.02 Å². The lowest BCUT2D eigenvalue weighted by Gasteiger charge is -2.34. The summed E-state index contributed by atoms with van der Waals surface area (Å²) in [5.74, 6) is 0.216. The Labute approximate surface area is 370 Å². The number of hydrogen-bond acceptors (Lipinski definition) is 7. The van der Waals surface area contributed by atoms with Crippen LogP contribution in [-0.2, 0) is 20.8 Å². The van der Waals surface area contributed by atoms with Crippen LogP contribution in [0.4, 0.5) is 22.0 Å². The number of imidazole rings is 1. The van der Waals surface area contributed by atoms with E-state index in [1.54, 1.807) is 27.9 Å². The quantitative estimate of drug-likeness (QED) is 0.116. The molecule has 0 radical (unpaired) electrons. The van der Waals surface area contributed by atoms with Gasteiger partial charge in [-0.3, -0.25) is 18.8 Å². The molecule has 4 unspecified atom stereocenters. The molecule has 3 fully saturated rings. The van der Waals surface area contributed by atoms with Crippen LogP contribution in [0.15, 0.2) is 72.7 Å². The predicted octanol–water partition coefficient (Wildman–Crippen LogP) is 9.96. The second-order valence-electron chi connectivity index (χ2n) is 17.8. The lowest BCUT2D eigenvalue weighted by Crippen LogP contribution is -2.43. The van der Waals surface area contributed by atoms with Gasteiger partial charge in [0.15, 0.2) is 5.78 Å². The molecule has 0 N–H and O–H groups in total. The highest BCUT2D eigenvalue weighted by Crippen LogP contribution is 2.66. The molecule has 4 atom stereocenters. The lowest BCUT2D eigenvalue weighted by atomic mass is 9.84. The minimum absolute atomic E-state index is 0.0346. The van der Waals surface area contributed by atoms with Crippen molar-refractivity contribution in [2.45, 2.75) is 124 Å². The number of allylic oxidation sites excluding steroid dienone is 3. The number of carbonyl (C=O) groups is 3. The molecule has 1 aliphatic carbocycles. The molecular weight excluding hydrogens is 843 g/mol. The molecule has 2 saturated heterocycles. The highest BCUT2D eigenvalue weighted by atomic mass is 35.5. The number of rotatable bonds is 14. The lowest BCUT2D eigenvalue weighted by molar-refractivity contribution is -0.138. The molecule has 3 aromatic heterocycles. The molecule has 1 aromatic carbocycles. The van der Waals surface area contributed by atoms with Gasteiger partial charge in [0.05, 0.1) is 23.3 Å². The SMILES string of the molecule is CC(=O)C(Cc1cnn(C(F)F)c1)N1CCC2(CC2c2ccc(-c3cnc4nc(C)cn4c3)cc2Cl)C1=O.CC/C=C(\CC(C)(C)CC)N(/C=C(\C)C(F)(F)F)C1CCN(C)C1=O. The average Bonchev–Trinajstić information content (AvgIpc) is 3.56. The molecule has 1 spiro atoms. The third kappa shape index (κ3) is 10.3. The summed E-state index contributed by atoms with van der Waals surface area (Å²) in [6, 6.07) is 4.57. The Morgan fingerprint density at radius 3 is 2.38 bits per heavy atom. The number of likely N-dealkylation sites (N-methyl/N-ethyl adjacent to an activating group) is 1. The molecule has 11 nitrogen and oxygen atoms in total. The summed E-state index contributed by atoms with van der Waals surface area (Å²) in [5.41, 5.74) is 3.57. The number of aryl methyl sites for hydroxylation is 1. The van der Waals surface area contributed by atoms with Gasteiger partial charge in [0, 0.05) is 85.3 Å². The number of aromatic nitrogens is 5. The van der Waals surface area contributed by atoms with Gasteiger partial charge in [0.2, 0.25) is 17.6 Å². The Balaban J connectivity index is 0.000000231. The standard InChI is InChI=1S/C27H25ClF2N6O2.C19H31F3N2O/c1-15-12-34-14-19(11-31-26(34)33-15)18-3-4-20(22(28)8-18)21-9-27(21)5-6-35(24(27)38)23(16(2)37)7-17-10-32-36(13-17)25(29)30;1-7-9-15(12-18(4,5)8-2)24(13-14(3)19(20,21)22)16-10-11-23(6)17(16)25/h3-4,8,10-14,21,23,25H,5-7,9H2,1-2H3;9,13,16H,7-8,10-12H2,1-6H3/b;14-13+,15-9+. The molecule has 0 bridgehead atoms. The van der Waals surface area contributed by atoms with Crippen molar-refractivity contribution < 1.29 is 36.3 Å². The van der Waals surface area contributed by atoms with Crippen LogP contribution in [0.3, 0.4) is 0 Å². The normalized spacial score (nSPS) is 21.2. The smallest absolute Gasteiger partial charge is 0.344 e. The van der Waals surface area contributed by atoms with Crippen LogP contribution < -0.4 is 0 Å². The Morgan fingerprint density at radius 2 is 1.79 bits per heavy atom. The number of benzene rings is 1. The van der Waals surface area contributed by atoms with E-state index in [1.807, 2.05) is 54.9 Å². The first-order valence-electron chi connectivity index (χ1n) is 21.3. The van der Waals surface area contributed by atoms with E-state index in [-0.39, 0.29) is 35.4 Å². The summed E-state index contributed by atoms with van der Waals surface area (Å²) in [7, 11) is 1.69. The molecular formula is C46H56ClF5N8O3. The zero-order valence-electron chi connectivity index (χ0n) is 37.0. The van der Waals surface area contributed by atoms with Crippen molar-refractivity contribution in [3.8, 4) is 11.1 Å². The van der Waals surface area contributed by atoms with Gasteiger partial charge >= 0.3 is 12.7 Å². The Kier molecular flexibility index (Phi) is 13.9. The summed E-state index contributed by atoms with van der Waals surface area (Å²) in [4.78, 5) is 52.1. The van der Waals surface area contributed by atoms with Crippen LogP contribution in [0.5, 0.6) is 0 Å². The Morgan fingerprint density at radius 1 is 1.06 bits per heavy atom. The van der Waals surface area contributed by atoms with Crippen molar-refractivity contribution in [2.75, 3.05) is 20.1 Å². The fourth-order valence-electron chi connectivity index (χ4n) is 8.60. The summed E-state index contributed by atoms with van der Waals surface area (Å²) in [5, 5.41) is 4.23. The number of halogens is 6. The topological polar surface area (TPSA) is 109 Å². The predicted molar refractivity (Wildman–Crippen MR) is 231 cm³/mol. The number of nitrogens with zero attached hydrogens (tertiary/aromatic N) is 8. The van der Waals surface area contributed by atoms with E-state index in [0.29, 0.717) is 66.2 Å². The molecule has 2 aliphatic heterocycles. The zero-order chi connectivity index (χ0) is 46.2. The average molecular weight is 899 g/mol. The second-order valence-corrected chi connectivity index (χ2v) is 18.3. The molecule has 1 saturated carbocycles. The van der Waals surface area contributed by atoms with Crippen molar-refractivity contribution >= 4 is 35.0 Å². The largest absolute Gasteiger partial charge is 0.413 e. The van der Waals surface area contributed by atoms with Crippen LogP contribution in [0.1, 0.15) is 109 Å². The third-order valence-electron chi connectivity index (χ3n) is 12.7. The van der Waals surface area contributed by atoms with Crippen molar-refractivity contribution in [3.63, 3.8) is 0 Å². The van der Waals surface area contributed by atoms with E-state index < -0.39 is 35.8 Å². The van der Waals surface area contributed by atoms with Gasteiger partial charge in [-0.25, -0.2) is 14.6 Å². The van der Waals surface area contributed by atoms with E-state index >= 15 is 0 Å². The third-order valence-corrected chi connectivity index (χ3v) is 13.1. The molecule has 63 heavy (non-hydrogen) atoms. The Bertz CT molecular complexity index is 2410. The highest BCUT2D eigenvalue weighted by Gasteiger charge is 2.65. The fourth-order valence-corrected chi connectivity index (χ4v) is 8.92. The second kappa shape index (κ2) is 18.5. The summed E-state index contributed by atoms with van der Waals surface area (Å²) >= 11 is 6.74. The van der Waals surface area contributed by atoms with Gasteiger partial charge < -0.3 is 14.7 Å². The van der Waals surface area contributed by atoms with E-state index in [0.717, 1.165) is 47.6 Å². The van der Waals surface area contributed by atoms with Crippen molar-refractivity contribution in [1.29, 1.82) is 0 Å². The summed E-state index contributed by atoms with van der Waals surface area (Å²) in [6.07, 6.45) is 11.1. The highest BCUT2D eigenvalue weighted by molar-refractivity contribution is 6.31.